The summed E-state index contributed by atoms with van der Waals surface area (Å²) in [6, 6.07) is 0. The number of carbonyl (C=O) groups is 1. The van der Waals surface area contributed by atoms with E-state index in [0.717, 1.165) is 19.5 Å². The third kappa shape index (κ3) is 4.10. The van der Waals surface area contributed by atoms with E-state index in [1.54, 1.807) is 0 Å². The van der Waals surface area contributed by atoms with Gasteiger partial charge in [0.05, 0.1) is 6.10 Å². The van der Waals surface area contributed by atoms with Gasteiger partial charge in [-0.2, -0.15) is 0 Å². The molecule has 0 aromatic heterocycles. The average molecular weight is 228 g/mol. The van der Waals surface area contributed by atoms with Crippen molar-refractivity contribution in [3.63, 3.8) is 0 Å². The predicted octanol–water partition coefficient (Wildman–Crippen LogP) is 0.365. The van der Waals surface area contributed by atoms with Gasteiger partial charge in [-0.05, 0) is 31.3 Å². The number of nitrogens with one attached hydrogen (secondary N) is 2. The molecule has 1 saturated heterocycles. The van der Waals surface area contributed by atoms with Crippen molar-refractivity contribution in [3.05, 3.63) is 0 Å². The molecular formula is C12H24N2O2. The Morgan fingerprint density at radius 1 is 1.44 bits per heavy atom. The van der Waals surface area contributed by atoms with Crippen molar-refractivity contribution >= 4 is 5.91 Å². The van der Waals surface area contributed by atoms with Gasteiger partial charge in [-0.3, -0.25) is 4.79 Å². The molecule has 3 N–H and O–H groups in total. The average Bonchev–Trinajstić information content (AvgIpc) is 2.10. The molecular weight excluding hydrogens is 204 g/mol. The van der Waals surface area contributed by atoms with E-state index in [9.17, 15) is 9.90 Å². The number of carbonyl (C=O) groups excluding carboxylic acids is 1. The Morgan fingerprint density at radius 2 is 2.06 bits per heavy atom. The molecule has 0 spiro atoms. The molecule has 94 valence electrons. The first-order chi connectivity index (χ1) is 7.50. The lowest BCUT2D eigenvalue weighted by Crippen LogP contribution is -2.50. The van der Waals surface area contributed by atoms with Crippen molar-refractivity contribution in [2.24, 2.45) is 17.8 Å². The lowest BCUT2D eigenvalue weighted by molar-refractivity contribution is -0.127. The zero-order chi connectivity index (χ0) is 12.1. The van der Waals surface area contributed by atoms with Crippen molar-refractivity contribution < 1.29 is 9.90 Å². The van der Waals surface area contributed by atoms with Gasteiger partial charge >= 0.3 is 0 Å². The molecule has 16 heavy (non-hydrogen) atoms. The molecule has 1 aliphatic heterocycles. The van der Waals surface area contributed by atoms with E-state index in [2.05, 4.69) is 24.5 Å². The van der Waals surface area contributed by atoms with Gasteiger partial charge in [0.25, 0.3) is 0 Å². The largest absolute Gasteiger partial charge is 0.391 e. The SMILES string of the molecule is CC(C)CC(O)CNC(=O)C(C)C1CNC1. The molecule has 2 unspecified atom stereocenters. The standard InChI is InChI=1S/C12H24N2O2/c1-8(2)4-11(15)7-14-12(16)9(3)10-5-13-6-10/h8-11,13,15H,4-7H2,1-3H3,(H,14,16). The van der Waals surface area contributed by atoms with Crippen molar-refractivity contribution in [3.8, 4) is 0 Å². The van der Waals surface area contributed by atoms with Crippen LogP contribution >= 0.6 is 0 Å². The normalized spacial score (nSPS) is 20.3. The fourth-order valence-electron chi connectivity index (χ4n) is 1.89. The second-order valence-electron chi connectivity index (χ2n) is 5.24. The van der Waals surface area contributed by atoms with Crippen molar-refractivity contribution in [2.45, 2.75) is 33.3 Å². The molecule has 0 bridgehead atoms. The number of rotatable bonds is 6. The van der Waals surface area contributed by atoms with Gasteiger partial charge in [0.2, 0.25) is 5.91 Å². The number of hydrogen-bond donors (Lipinski definition) is 3. The number of amides is 1. The van der Waals surface area contributed by atoms with Crippen molar-refractivity contribution in [1.82, 2.24) is 10.6 Å². The summed E-state index contributed by atoms with van der Waals surface area (Å²) in [6.07, 6.45) is 0.315. The summed E-state index contributed by atoms with van der Waals surface area (Å²) in [4.78, 5) is 11.7. The van der Waals surface area contributed by atoms with Crippen LogP contribution in [0.3, 0.4) is 0 Å². The van der Waals surface area contributed by atoms with Crippen LogP contribution in [0.1, 0.15) is 27.2 Å². The Balaban J connectivity index is 2.18. The highest BCUT2D eigenvalue weighted by Crippen LogP contribution is 2.15. The summed E-state index contributed by atoms with van der Waals surface area (Å²) in [6.45, 7) is 8.32. The zero-order valence-electron chi connectivity index (χ0n) is 10.5. The monoisotopic (exact) mass is 228 g/mol. The predicted molar refractivity (Wildman–Crippen MR) is 64.0 cm³/mol. The number of aliphatic hydroxyl groups is 1. The molecule has 0 saturated carbocycles. The van der Waals surface area contributed by atoms with Gasteiger partial charge in [0.15, 0.2) is 0 Å². The Kier molecular flexibility index (Phi) is 5.22. The van der Waals surface area contributed by atoms with Gasteiger partial charge < -0.3 is 15.7 Å². The van der Waals surface area contributed by atoms with E-state index in [4.69, 9.17) is 0 Å². The smallest absolute Gasteiger partial charge is 0.223 e. The van der Waals surface area contributed by atoms with E-state index in [1.165, 1.54) is 0 Å². The molecule has 0 aromatic rings. The molecule has 1 heterocycles. The molecule has 1 fully saturated rings. The second kappa shape index (κ2) is 6.21. The fourth-order valence-corrected chi connectivity index (χ4v) is 1.89. The minimum atomic E-state index is -0.421. The third-order valence-electron chi connectivity index (χ3n) is 3.19. The maximum absolute atomic E-state index is 11.7. The van der Waals surface area contributed by atoms with E-state index >= 15 is 0 Å². The van der Waals surface area contributed by atoms with E-state index < -0.39 is 6.10 Å². The van der Waals surface area contributed by atoms with Crippen molar-refractivity contribution in [1.29, 1.82) is 0 Å². The van der Waals surface area contributed by atoms with Crippen LogP contribution in [0.2, 0.25) is 0 Å². The van der Waals surface area contributed by atoms with Crippen LogP contribution in [-0.2, 0) is 4.79 Å². The quantitative estimate of drug-likeness (QED) is 0.615. The van der Waals surface area contributed by atoms with Crippen LogP contribution in [0.4, 0.5) is 0 Å². The molecule has 1 amide bonds. The van der Waals surface area contributed by atoms with E-state index in [1.807, 2.05) is 6.92 Å². The Morgan fingerprint density at radius 3 is 2.50 bits per heavy atom. The molecule has 4 heteroatoms. The lowest BCUT2D eigenvalue weighted by Gasteiger charge is -2.31. The van der Waals surface area contributed by atoms with Gasteiger partial charge in [-0.15, -0.1) is 0 Å². The van der Waals surface area contributed by atoms with Crippen LogP contribution in [0.5, 0.6) is 0 Å². The molecule has 4 nitrogen and oxygen atoms in total. The number of aliphatic hydroxyl groups excluding tert-OH is 1. The third-order valence-corrected chi connectivity index (χ3v) is 3.19. The number of hydrogen-bond acceptors (Lipinski definition) is 3. The first-order valence-electron chi connectivity index (χ1n) is 6.17. The second-order valence-corrected chi connectivity index (χ2v) is 5.24. The van der Waals surface area contributed by atoms with Crippen LogP contribution in [-0.4, -0.2) is 36.8 Å². The minimum absolute atomic E-state index is 0.0486. The molecule has 0 radical (unpaired) electrons. The first kappa shape index (κ1) is 13.5. The summed E-state index contributed by atoms with van der Waals surface area (Å²) in [5.74, 6) is 1.03. The Hall–Kier alpha value is -0.610. The zero-order valence-corrected chi connectivity index (χ0v) is 10.5. The Labute approximate surface area is 97.8 Å². The van der Waals surface area contributed by atoms with Gasteiger partial charge in [-0.25, -0.2) is 0 Å². The maximum Gasteiger partial charge on any atom is 0.223 e. The summed E-state index contributed by atoms with van der Waals surface area (Å²) >= 11 is 0. The van der Waals surface area contributed by atoms with Gasteiger partial charge in [0, 0.05) is 12.5 Å². The molecule has 1 aliphatic rings. The summed E-state index contributed by atoms with van der Waals surface area (Å²) in [5.41, 5.74) is 0. The topological polar surface area (TPSA) is 61.4 Å². The lowest BCUT2D eigenvalue weighted by atomic mass is 9.88. The highest BCUT2D eigenvalue weighted by molar-refractivity contribution is 5.78. The minimum Gasteiger partial charge on any atom is -0.391 e. The summed E-state index contributed by atoms with van der Waals surface area (Å²) in [5, 5.41) is 15.6. The van der Waals surface area contributed by atoms with E-state index in [-0.39, 0.29) is 11.8 Å². The van der Waals surface area contributed by atoms with Crippen LogP contribution in [0.15, 0.2) is 0 Å². The fraction of sp³-hybridized carbons (Fsp3) is 0.917. The highest BCUT2D eigenvalue weighted by atomic mass is 16.3. The first-order valence-corrected chi connectivity index (χ1v) is 6.17. The molecule has 2 atom stereocenters. The summed E-state index contributed by atoms with van der Waals surface area (Å²) in [7, 11) is 0. The van der Waals surface area contributed by atoms with Crippen LogP contribution in [0, 0.1) is 17.8 Å². The summed E-state index contributed by atoms with van der Waals surface area (Å²) < 4.78 is 0. The van der Waals surface area contributed by atoms with Crippen LogP contribution in [0.25, 0.3) is 0 Å². The highest BCUT2D eigenvalue weighted by Gasteiger charge is 2.28. The van der Waals surface area contributed by atoms with Crippen LogP contribution < -0.4 is 10.6 Å². The molecule has 0 aromatic carbocycles. The van der Waals surface area contributed by atoms with E-state index in [0.29, 0.717) is 18.4 Å². The van der Waals surface area contributed by atoms with Crippen molar-refractivity contribution in [2.75, 3.05) is 19.6 Å². The molecule has 0 aliphatic carbocycles. The Bertz CT molecular complexity index is 227. The van der Waals surface area contributed by atoms with Gasteiger partial charge in [0.1, 0.15) is 0 Å². The maximum atomic E-state index is 11.7. The molecule has 1 rings (SSSR count). The van der Waals surface area contributed by atoms with Gasteiger partial charge in [-0.1, -0.05) is 20.8 Å².